The Labute approximate surface area is 114 Å². The minimum Gasteiger partial charge on any atom is -0.389 e. The van der Waals surface area contributed by atoms with Crippen molar-refractivity contribution in [1.29, 1.82) is 0 Å². The number of aliphatic hydroxyl groups excluding tert-OH is 1. The molecule has 1 atom stereocenters. The minimum absolute atomic E-state index is 0.298. The van der Waals surface area contributed by atoms with Gasteiger partial charge in [0.2, 0.25) is 0 Å². The van der Waals surface area contributed by atoms with E-state index in [-0.39, 0.29) is 6.03 Å². The predicted molar refractivity (Wildman–Crippen MR) is 75.2 cm³/mol. The van der Waals surface area contributed by atoms with Gasteiger partial charge in [-0.25, -0.2) is 4.79 Å². The van der Waals surface area contributed by atoms with Gasteiger partial charge in [0.05, 0.1) is 11.7 Å². The first-order valence-electron chi connectivity index (χ1n) is 6.22. The third-order valence-corrected chi connectivity index (χ3v) is 2.85. The summed E-state index contributed by atoms with van der Waals surface area (Å²) in [6.07, 6.45) is -0.558. The summed E-state index contributed by atoms with van der Waals surface area (Å²) in [6.45, 7) is 5.87. The van der Waals surface area contributed by atoms with E-state index in [2.05, 4.69) is 10.6 Å². The smallest absolute Gasteiger partial charge is 0.319 e. The van der Waals surface area contributed by atoms with Crippen LogP contribution in [0.25, 0.3) is 0 Å². The van der Waals surface area contributed by atoms with Gasteiger partial charge in [0, 0.05) is 19.3 Å². The molecule has 0 heterocycles. The number of rotatable bonds is 5. The van der Waals surface area contributed by atoms with Crippen molar-refractivity contribution in [3.63, 3.8) is 0 Å². The molecule has 2 amide bonds. The Morgan fingerprint density at radius 2 is 2.16 bits per heavy atom. The van der Waals surface area contributed by atoms with E-state index in [1.807, 2.05) is 19.9 Å². The number of benzene rings is 1. The number of hydrogen-bond donors (Lipinski definition) is 3. The zero-order chi connectivity index (χ0) is 14.5. The third-order valence-electron chi connectivity index (χ3n) is 2.85. The topological polar surface area (TPSA) is 70.6 Å². The number of anilines is 1. The Kier molecular flexibility index (Phi) is 5.32. The first-order chi connectivity index (χ1) is 8.84. The lowest BCUT2D eigenvalue weighted by Crippen LogP contribution is -2.41. The van der Waals surface area contributed by atoms with Crippen molar-refractivity contribution in [3.05, 3.63) is 29.8 Å². The third kappa shape index (κ3) is 5.28. The van der Waals surface area contributed by atoms with Gasteiger partial charge in [-0.3, -0.25) is 0 Å². The minimum atomic E-state index is -0.558. The zero-order valence-corrected chi connectivity index (χ0v) is 11.9. The van der Waals surface area contributed by atoms with Gasteiger partial charge in [0.1, 0.15) is 0 Å². The maximum Gasteiger partial charge on any atom is 0.319 e. The van der Waals surface area contributed by atoms with E-state index in [9.17, 15) is 9.90 Å². The Balaban J connectivity index is 2.55. The first kappa shape index (κ1) is 15.5. The number of aliphatic hydroxyl groups is 1. The van der Waals surface area contributed by atoms with Gasteiger partial charge in [-0.1, -0.05) is 12.1 Å². The lowest BCUT2D eigenvalue weighted by molar-refractivity contribution is 0.0257. The molecular formula is C14H22N2O3. The van der Waals surface area contributed by atoms with Gasteiger partial charge in [-0.15, -0.1) is 0 Å². The van der Waals surface area contributed by atoms with E-state index in [4.69, 9.17) is 4.74 Å². The fourth-order valence-corrected chi connectivity index (χ4v) is 1.42. The molecule has 0 bridgehead atoms. The summed E-state index contributed by atoms with van der Waals surface area (Å²) >= 11 is 0. The van der Waals surface area contributed by atoms with Crippen molar-refractivity contribution in [2.75, 3.05) is 19.0 Å². The summed E-state index contributed by atoms with van der Waals surface area (Å²) in [5.41, 5.74) is 1.000. The molecule has 0 aliphatic rings. The molecule has 0 fully saturated rings. The van der Waals surface area contributed by atoms with Gasteiger partial charge in [-0.2, -0.15) is 0 Å². The normalized spacial score (nSPS) is 12.9. The van der Waals surface area contributed by atoms with Crippen LogP contribution in [0.5, 0.6) is 0 Å². The summed E-state index contributed by atoms with van der Waals surface area (Å²) in [5, 5.41) is 14.9. The average molecular weight is 266 g/mol. The number of hydrogen-bond acceptors (Lipinski definition) is 3. The Hall–Kier alpha value is -1.59. The van der Waals surface area contributed by atoms with Crippen molar-refractivity contribution >= 4 is 11.7 Å². The second-order valence-electron chi connectivity index (χ2n) is 5.07. The Morgan fingerprint density at radius 1 is 1.47 bits per heavy atom. The van der Waals surface area contributed by atoms with E-state index in [1.54, 1.807) is 32.2 Å². The monoisotopic (exact) mass is 266 g/mol. The molecule has 5 nitrogen and oxygen atoms in total. The van der Waals surface area contributed by atoms with E-state index < -0.39 is 11.7 Å². The van der Waals surface area contributed by atoms with Crippen LogP contribution in [0, 0.1) is 0 Å². The molecule has 0 radical (unpaired) electrons. The van der Waals surface area contributed by atoms with Gasteiger partial charge < -0.3 is 20.5 Å². The van der Waals surface area contributed by atoms with Crippen LogP contribution in [0.15, 0.2) is 24.3 Å². The molecule has 19 heavy (non-hydrogen) atoms. The highest BCUT2D eigenvalue weighted by Gasteiger charge is 2.17. The molecule has 106 valence electrons. The fraction of sp³-hybridized carbons (Fsp3) is 0.500. The molecule has 0 aromatic heterocycles. The second-order valence-corrected chi connectivity index (χ2v) is 5.07. The molecule has 0 spiro atoms. The van der Waals surface area contributed by atoms with Crippen LogP contribution in [0.1, 0.15) is 32.4 Å². The summed E-state index contributed by atoms with van der Waals surface area (Å²) in [7, 11) is 1.60. The highest BCUT2D eigenvalue weighted by molar-refractivity contribution is 5.89. The number of carbonyl (C=O) groups excluding carboxylic acids is 1. The maximum absolute atomic E-state index is 11.7. The molecule has 0 saturated carbocycles. The van der Waals surface area contributed by atoms with Crippen molar-refractivity contribution in [2.45, 2.75) is 32.5 Å². The summed E-state index contributed by atoms with van der Waals surface area (Å²) in [5.74, 6) is 0. The molecule has 1 aromatic carbocycles. The standard InChI is InChI=1S/C14H22N2O3/c1-10(17)11-6-5-7-12(8-11)16-13(18)15-9-14(2,3)19-4/h5-8,10,17H,9H2,1-4H3,(H2,15,16,18). The van der Waals surface area contributed by atoms with E-state index >= 15 is 0 Å². The number of methoxy groups -OCH3 is 1. The van der Waals surface area contributed by atoms with E-state index in [0.717, 1.165) is 5.56 Å². The zero-order valence-electron chi connectivity index (χ0n) is 11.9. The van der Waals surface area contributed by atoms with Crippen LogP contribution < -0.4 is 10.6 Å². The SMILES string of the molecule is COC(C)(C)CNC(=O)Nc1cccc(C(C)O)c1. The van der Waals surface area contributed by atoms with Crippen LogP contribution in [-0.2, 0) is 4.74 Å². The molecule has 1 rings (SSSR count). The molecule has 0 saturated heterocycles. The first-order valence-corrected chi connectivity index (χ1v) is 6.22. The summed E-state index contributed by atoms with van der Waals surface area (Å²) in [4.78, 5) is 11.7. The van der Waals surface area contributed by atoms with Crippen LogP contribution >= 0.6 is 0 Å². The second kappa shape index (κ2) is 6.54. The number of ether oxygens (including phenoxy) is 1. The quantitative estimate of drug-likeness (QED) is 0.765. The van der Waals surface area contributed by atoms with Crippen LogP contribution in [0.3, 0.4) is 0 Å². The molecule has 0 aliphatic heterocycles. The number of nitrogens with one attached hydrogen (secondary N) is 2. The van der Waals surface area contributed by atoms with Crippen LogP contribution in [0.4, 0.5) is 10.5 Å². The van der Waals surface area contributed by atoms with Gasteiger partial charge >= 0.3 is 6.03 Å². The van der Waals surface area contributed by atoms with Crippen molar-refractivity contribution < 1.29 is 14.6 Å². The molecule has 5 heteroatoms. The van der Waals surface area contributed by atoms with Crippen molar-refractivity contribution in [1.82, 2.24) is 5.32 Å². The maximum atomic E-state index is 11.7. The fourth-order valence-electron chi connectivity index (χ4n) is 1.42. The number of amides is 2. The lowest BCUT2D eigenvalue weighted by atomic mass is 10.1. The van der Waals surface area contributed by atoms with Crippen LogP contribution in [0.2, 0.25) is 0 Å². The average Bonchev–Trinajstić information content (AvgIpc) is 2.37. The summed E-state index contributed by atoms with van der Waals surface area (Å²) < 4.78 is 5.21. The van der Waals surface area contributed by atoms with E-state index in [1.165, 1.54) is 0 Å². The van der Waals surface area contributed by atoms with Crippen molar-refractivity contribution in [2.24, 2.45) is 0 Å². The van der Waals surface area contributed by atoms with Gasteiger partial charge in [0.15, 0.2) is 0 Å². The van der Waals surface area contributed by atoms with Gasteiger partial charge in [0.25, 0.3) is 0 Å². The molecule has 0 aliphatic carbocycles. The molecule has 1 aromatic rings. The Bertz CT molecular complexity index is 430. The molecule has 3 N–H and O–H groups in total. The van der Waals surface area contributed by atoms with E-state index in [0.29, 0.717) is 12.2 Å². The summed E-state index contributed by atoms with van der Waals surface area (Å²) in [6, 6.07) is 6.81. The largest absolute Gasteiger partial charge is 0.389 e. The molecule has 1 unspecified atom stereocenters. The lowest BCUT2D eigenvalue weighted by Gasteiger charge is -2.23. The van der Waals surface area contributed by atoms with Gasteiger partial charge in [-0.05, 0) is 38.5 Å². The Morgan fingerprint density at radius 3 is 2.74 bits per heavy atom. The predicted octanol–water partition coefficient (Wildman–Crippen LogP) is 2.29. The molecular weight excluding hydrogens is 244 g/mol. The number of carbonyl (C=O) groups is 1. The van der Waals surface area contributed by atoms with Crippen LogP contribution in [-0.4, -0.2) is 30.4 Å². The highest BCUT2D eigenvalue weighted by atomic mass is 16.5. The highest BCUT2D eigenvalue weighted by Crippen LogP contribution is 2.16. The van der Waals surface area contributed by atoms with Crippen molar-refractivity contribution in [3.8, 4) is 0 Å². The number of urea groups is 1.